The van der Waals surface area contributed by atoms with Crippen LogP contribution < -0.4 is 5.32 Å². The quantitative estimate of drug-likeness (QED) is 0.424. The van der Waals surface area contributed by atoms with Crippen molar-refractivity contribution in [1.82, 2.24) is 10.2 Å². The Morgan fingerprint density at radius 3 is 2.77 bits per heavy atom. The molecule has 0 saturated heterocycles. The normalized spacial score (nSPS) is 10.7. The lowest BCUT2D eigenvalue weighted by Gasteiger charge is -2.15. The van der Waals surface area contributed by atoms with E-state index in [0.717, 1.165) is 39.2 Å². The molecule has 0 radical (unpaired) electrons. The highest BCUT2D eigenvalue weighted by atomic mass is 16.5. The second kappa shape index (κ2) is 9.71. The van der Waals surface area contributed by atoms with E-state index in [0.29, 0.717) is 0 Å². The van der Waals surface area contributed by atoms with Crippen LogP contribution in [0.3, 0.4) is 0 Å². The monoisotopic (exact) mass is 186 g/mol. The van der Waals surface area contributed by atoms with Crippen molar-refractivity contribution in [3.63, 3.8) is 0 Å². The molecule has 0 rings (SSSR count). The highest BCUT2D eigenvalue weighted by Crippen LogP contribution is 1.86. The van der Waals surface area contributed by atoms with Crippen molar-refractivity contribution < 1.29 is 4.74 Å². The summed E-state index contributed by atoms with van der Waals surface area (Å²) < 4.78 is 4.92. The van der Waals surface area contributed by atoms with Gasteiger partial charge >= 0.3 is 0 Å². The number of hydrogen-bond donors (Lipinski definition) is 1. The number of rotatable bonds is 9. The van der Waals surface area contributed by atoms with Gasteiger partial charge in [0.05, 0.1) is 6.61 Å². The van der Waals surface area contributed by atoms with Gasteiger partial charge in [0, 0.05) is 33.3 Å². The van der Waals surface area contributed by atoms with Crippen LogP contribution in [0.5, 0.6) is 0 Å². The van der Waals surface area contributed by atoms with E-state index in [-0.39, 0.29) is 0 Å². The molecule has 0 aliphatic rings. The molecule has 1 N–H and O–H groups in total. The number of methoxy groups -OCH3 is 1. The van der Waals surface area contributed by atoms with Crippen LogP contribution in [0, 0.1) is 0 Å². The minimum absolute atomic E-state index is 0.788. The third kappa shape index (κ3) is 9.53. The number of nitrogens with zero attached hydrogens (tertiary/aromatic N) is 1. The summed E-state index contributed by atoms with van der Waals surface area (Å²) in [5.41, 5.74) is 0. The highest BCUT2D eigenvalue weighted by molar-refractivity contribution is 4.68. The summed E-state index contributed by atoms with van der Waals surface area (Å²) in [6.45, 7) is 8.62. The van der Waals surface area contributed by atoms with Crippen LogP contribution in [-0.2, 0) is 4.74 Å². The van der Waals surface area contributed by atoms with Crippen LogP contribution in [0.2, 0.25) is 0 Å². The Morgan fingerprint density at radius 1 is 1.38 bits per heavy atom. The maximum Gasteiger partial charge on any atom is 0.0587 e. The molecular formula is C10H22N2O. The van der Waals surface area contributed by atoms with Gasteiger partial charge in [0.15, 0.2) is 0 Å². The molecule has 0 aliphatic carbocycles. The van der Waals surface area contributed by atoms with Crippen LogP contribution in [-0.4, -0.2) is 51.8 Å². The first kappa shape index (κ1) is 12.6. The zero-order chi connectivity index (χ0) is 9.94. The van der Waals surface area contributed by atoms with E-state index >= 15 is 0 Å². The first-order valence-corrected chi connectivity index (χ1v) is 4.80. The smallest absolute Gasteiger partial charge is 0.0587 e. The lowest BCUT2D eigenvalue weighted by molar-refractivity contribution is 0.198. The Labute approximate surface area is 81.8 Å². The molecule has 0 bridgehead atoms. The molecule has 0 atom stereocenters. The van der Waals surface area contributed by atoms with Crippen LogP contribution in [0.25, 0.3) is 0 Å². The number of hydrogen-bond acceptors (Lipinski definition) is 3. The summed E-state index contributed by atoms with van der Waals surface area (Å²) in [5, 5.41) is 3.30. The van der Waals surface area contributed by atoms with Gasteiger partial charge in [0.2, 0.25) is 0 Å². The third-order valence-electron chi connectivity index (χ3n) is 1.87. The third-order valence-corrected chi connectivity index (χ3v) is 1.87. The fourth-order valence-corrected chi connectivity index (χ4v) is 0.993. The predicted octanol–water partition coefficient (Wildman–Crippen LogP) is 0.730. The van der Waals surface area contributed by atoms with E-state index in [2.05, 4.69) is 23.8 Å². The Bertz CT molecular complexity index is 117. The molecule has 0 saturated carbocycles. The Hall–Kier alpha value is -0.380. The Balaban J connectivity index is 3.07. The van der Waals surface area contributed by atoms with E-state index < -0.39 is 0 Å². The molecule has 0 heterocycles. The first-order chi connectivity index (χ1) is 6.31. The molecule has 0 fully saturated rings. The highest BCUT2D eigenvalue weighted by Gasteiger charge is 1.94. The van der Waals surface area contributed by atoms with Crippen molar-refractivity contribution in [2.45, 2.75) is 6.42 Å². The Kier molecular flexibility index (Phi) is 9.42. The van der Waals surface area contributed by atoms with Crippen LogP contribution in [0.1, 0.15) is 6.42 Å². The maximum absolute atomic E-state index is 4.92. The second-order valence-corrected chi connectivity index (χ2v) is 3.12. The molecule has 78 valence electrons. The lowest BCUT2D eigenvalue weighted by atomic mass is 10.4. The van der Waals surface area contributed by atoms with E-state index in [1.54, 1.807) is 7.11 Å². The van der Waals surface area contributed by atoms with Gasteiger partial charge in [-0.2, -0.15) is 0 Å². The fourth-order valence-electron chi connectivity index (χ4n) is 0.993. The van der Waals surface area contributed by atoms with Gasteiger partial charge < -0.3 is 15.0 Å². The molecule has 0 aromatic carbocycles. The van der Waals surface area contributed by atoms with Gasteiger partial charge in [-0.05, 0) is 13.5 Å². The van der Waals surface area contributed by atoms with Crippen molar-refractivity contribution >= 4 is 0 Å². The molecular weight excluding hydrogens is 164 g/mol. The maximum atomic E-state index is 4.92. The Morgan fingerprint density at radius 2 is 2.15 bits per heavy atom. The summed E-state index contributed by atoms with van der Waals surface area (Å²) in [7, 11) is 3.85. The van der Waals surface area contributed by atoms with Gasteiger partial charge in [0.1, 0.15) is 0 Å². The van der Waals surface area contributed by atoms with Gasteiger partial charge in [-0.3, -0.25) is 0 Å². The number of likely N-dealkylation sites (N-methyl/N-ethyl adjacent to an activating group) is 1. The van der Waals surface area contributed by atoms with Gasteiger partial charge in [-0.25, -0.2) is 0 Å². The lowest BCUT2D eigenvalue weighted by Crippen LogP contribution is -2.31. The van der Waals surface area contributed by atoms with Crippen molar-refractivity contribution in [2.24, 2.45) is 0 Å². The summed E-state index contributed by atoms with van der Waals surface area (Å²) in [6.07, 6.45) is 3.02. The molecule has 3 heteroatoms. The summed E-state index contributed by atoms with van der Waals surface area (Å²) in [4.78, 5) is 2.29. The van der Waals surface area contributed by atoms with Gasteiger partial charge in [-0.1, -0.05) is 6.08 Å². The zero-order valence-corrected chi connectivity index (χ0v) is 8.88. The van der Waals surface area contributed by atoms with Crippen LogP contribution >= 0.6 is 0 Å². The molecule has 0 aliphatic heterocycles. The van der Waals surface area contributed by atoms with Crippen LogP contribution in [0.15, 0.2) is 12.7 Å². The van der Waals surface area contributed by atoms with Gasteiger partial charge in [0.25, 0.3) is 0 Å². The average molecular weight is 186 g/mol. The topological polar surface area (TPSA) is 24.5 Å². The second-order valence-electron chi connectivity index (χ2n) is 3.12. The minimum atomic E-state index is 0.788. The molecule has 0 aromatic heterocycles. The van der Waals surface area contributed by atoms with Crippen LogP contribution in [0.4, 0.5) is 0 Å². The average Bonchev–Trinajstić information content (AvgIpc) is 2.14. The zero-order valence-electron chi connectivity index (χ0n) is 8.88. The molecule has 0 unspecified atom stereocenters. The summed E-state index contributed by atoms with van der Waals surface area (Å²) in [5.74, 6) is 0. The van der Waals surface area contributed by atoms with Crippen molar-refractivity contribution in [2.75, 3.05) is 46.9 Å². The largest absolute Gasteiger partial charge is 0.383 e. The van der Waals surface area contributed by atoms with Gasteiger partial charge in [-0.15, -0.1) is 6.58 Å². The minimum Gasteiger partial charge on any atom is -0.383 e. The van der Waals surface area contributed by atoms with Crippen molar-refractivity contribution in [1.29, 1.82) is 0 Å². The first-order valence-electron chi connectivity index (χ1n) is 4.80. The van der Waals surface area contributed by atoms with Crippen molar-refractivity contribution in [3.8, 4) is 0 Å². The molecule has 3 nitrogen and oxygen atoms in total. The molecule has 0 aromatic rings. The van der Waals surface area contributed by atoms with E-state index in [4.69, 9.17) is 4.74 Å². The van der Waals surface area contributed by atoms with E-state index in [1.165, 1.54) is 0 Å². The van der Waals surface area contributed by atoms with E-state index in [9.17, 15) is 0 Å². The number of nitrogens with one attached hydrogen (secondary N) is 1. The SMILES string of the molecule is C=CCCN(C)CCNCCOC. The van der Waals surface area contributed by atoms with Crippen molar-refractivity contribution in [3.05, 3.63) is 12.7 Å². The molecule has 0 amide bonds. The summed E-state index contributed by atoms with van der Waals surface area (Å²) >= 11 is 0. The molecule has 0 spiro atoms. The molecule has 13 heavy (non-hydrogen) atoms. The standard InChI is InChI=1S/C10H22N2O/c1-4-5-8-12(2)9-6-11-7-10-13-3/h4,11H,1,5-10H2,2-3H3. The summed E-state index contributed by atoms with van der Waals surface area (Å²) in [6, 6.07) is 0. The number of ether oxygens (including phenoxy) is 1. The fraction of sp³-hybridized carbons (Fsp3) is 0.800. The van der Waals surface area contributed by atoms with E-state index in [1.807, 2.05) is 6.08 Å². The predicted molar refractivity (Wildman–Crippen MR) is 57.1 cm³/mol.